The van der Waals surface area contributed by atoms with E-state index in [-0.39, 0.29) is 40.4 Å². The third-order valence-electron chi connectivity index (χ3n) is 3.62. The predicted molar refractivity (Wildman–Crippen MR) is 85.1 cm³/mol. The highest BCUT2D eigenvalue weighted by Gasteiger charge is 2.35. The van der Waals surface area contributed by atoms with Crippen LogP contribution in [0.5, 0.6) is 11.5 Å². The van der Waals surface area contributed by atoms with Gasteiger partial charge in [-0.05, 0) is 30.3 Å². The van der Waals surface area contributed by atoms with Gasteiger partial charge in [-0.2, -0.15) is 5.26 Å². The van der Waals surface area contributed by atoms with Gasteiger partial charge in [0.2, 0.25) is 0 Å². The lowest BCUT2D eigenvalue weighted by Gasteiger charge is -2.07. The van der Waals surface area contributed by atoms with E-state index in [1.807, 2.05) is 0 Å². The van der Waals surface area contributed by atoms with Gasteiger partial charge in [0.25, 0.3) is 17.7 Å². The summed E-state index contributed by atoms with van der Waals surface area (Å²) in [6.07, 6.45) is 0. The molecule has 8 nitrogen and oxygen atoms in total. The highest BCUT2D eigenvalue weighted by molar-refractivity contribution is 6.22. The van der Waals surface area contributed by atoms with Crippen molar-refractivity contribution in [3.63, 3.8) is 0 Å². The molecule has 0 aromatic heterocycles. The van der Waals surface area contributed by atoms with Crippen LogP contribution in [-0.4, -0.2) is 39.4 Å². The van der Waals surface area contributed by atoms with Gasteiger partial charge in [0.05, 0.1) is 17.2 Å². The lowest BCUT2D eigenvalue weighted by molar-refractivity contribution is 0.0673. The number of rotatable bonds is 3. The van der Waals surface area contributed by atoms with Crippen LogP contribution >= 0.6 is 0 Å². The van der Waals surface area contributed by atoms with Crippen molar-refractivity contribution in [3.8, 4) is 17.6 Å². The first-order valence-corrected chi connectivity index (χ1v) is 7.12. The number of aromatic hydroxyl groups is 2. The standard InChI is InChI=1S/C17H11N3O5/c18-3-4-20-16(24)13-2-1-10(7-14(13)17(20)25)19-15(23)9-5-11(21)8-12(22)6-9/h1-2,5-8,21-22H,4H2,(H,19,23). The van der Waals surface area contributed by atoms with Gasteiger partial charge in [-0.15, -0.1) is 0 Å². The second kappa shape index (κ2) is 5.98. The van der Waals surface area contributed by atoms with Crippen molar-refractivity contribution in [2.75, 3.05) is 11.9 Å². The van der Waals surface area contributed by atoms with E-state index in [2.05, 4.69) is 5.32 Å². The molecule has 8 heteroatoms. The molecule has 2 aromatic rings. The van der Waals surface area contributed by atoms with Crippen molar-refractivity contribution in [3.05, 3.63) is 53.1 Å². The van der Waals surface area contributed by atoms with Crippen LogP contribution in [-0.2, 0) is 0 Å². The molecule has 0 spiro atoms. The maximum atomic E-state index is 12.2. The zero-order valence-electron chi connectivity index (χ0n) is 12.7. The minimum Gasteiger partial charge on any atom is -0.508 e. The maximum Gasteiger partial charge on any atom is 0.262 e. The third-order valence-corrected chi connectivity index (χ3v) is 3.62. The molecule has 124 valence electrons. The number of carbonyl (C=O) groups excluding carboxylic acids is 3. The average molecular weight is 337 g/mol. The van der Waals surface area contributed by atoms with Crippen LogP contribution < -0.4 is 5.32 Å². The second-order valence-corrected chi connectivity index (χ2v) is 5.31. The van der Waals surface area contributed by atoms with Crippen molar-refractivity contribution in [1.29, 1.82) is 5.26 Å². The Morgan fingerprint density at radius 2 is 1.68 bits per heavy atom. The number of hydrogen-bond acceptors (Lipinski definition) is 6. The van der Waals surface area contributed by atoms with E-state index in [0.717, 1.165) is 11.0 Å². The van der Waals surface area contributed by atoms with Gasteiger partial charge in [0.1, 0.15) is 18.0 Å². The number of nitriles is 1. The number of nitrogens with zero attached hydrogens (tertiary/aromatic N) is 2. The number of hydrogen-bond donors (Lipinski definition) is 3. The number of amides is 3. The first-order valence-electron chi connectivity index (χ1n) is 7.12. The zero-order chi connectivity index (χ0) is 18.1. The maximum absolute atomic E-state index is 12.2. The number of nitrogens with one attached hydrogen (secondary N) is 1. The molecule has 3 N–H and O–H groups in total. The summed E-state index contributed by atoms with van der Waals surface area (Å²) >= 11 is 0. The summed E-state index contributed by atoms with van der Waals surface area (Å²) in [6.45, 7) is -0.351. The highest BCUT2D eigenvalue weighted by atomic mass is 16.3. The molecule has 2 aromatic carbocycles. The van der Waals surface area contributed by atoms with Gasteiger partial charge in [0, 0.05) is 17.3 Å². The highest BCUT2D eigenvalue weighted by Crippen LogP contribution is 2.26. The zero-order valence-corrected chi connectivity index (χ0v) is 12.7. The number of carbonyl (C=O) groups is 3. The van der Waals surface area contributed by atoms with Gasteiger partial charge in [-0.25, -0.2) is 0 Å². The molecular weight excluding hydrogens is 326 g/mol. The van der Waals surface area contributed by atoms with Crippen molar-refractivity contribution < 1.29 is 24.6 Å². The molecule has 1 aliphatic rings. The molecule has 1 aliphatic heterocycles. The molecule has 0 saturated carbocycles. The smallest absolute Gasteiger partial charge is 0.262 e. The molecule has 0 unspecified atom stereocenters. The quantitative estimate of drug-likeness (QED) is 0.574. The van der Waals surface area contributed by atoms with Gasteiger partial charge in [-0.3, -0.25) is 19.3 Å². The van der Waals surface area contributed by atoms with Gasteiger partial charge < -0.3 is 15.5 Å². The summed E-state index contributed by atoms with van der Waals surface area (Å²) in [7, 11) is 0. The molecule has 0 saturated heterocycles. The fourth-order valence-corrected chi connectivity index (χ4v) is 2.51. The summed E-state index contributed by atoms with van der Waals surface area (Å²) in [5.74, 6) is -2.32. The Kier molecular flexibility index (Phi) is 3.83. The Morgan fingerprint density at radius 1 is 1.04 bits per heavy atom. The van der Waals surface area contributed by atoms with Crippen LogP contribution in [0.1, 0.15) is 31.1 Å². The summed E-state index contributed by atoms with van der Waals surface area (Å²) in [5, 5.41) is 30.1. The van der Waals surface area contributed by atoms with E-state index < -0.39 is 17.7 Å². The fourth-order valence-electron chi connectivity index (χ4n) is 2.51. The number of benzene rings is 2. The van der Waals surface area contributed by atoms with Crippen LogP contribution in [0, 0.1) is 11.3 Å². The van der Waals surface area contributed by atoms with Crippen molar-refractivity contribution >= 4 is 23.4 Å². The van der Waals surface area contributed by atoms with Crippen LogP contribution in [0.25, 0.3) is 0 Å². The molecule has 0 fully saturated rings. The monoisotopic (exact) mass is 337 g/mol. The number of fused-ring (bicyclic) bond motifs is 1. The van der Waals surface area contributed by atoms with E-state index in [1.54, 1.807) is 6.07 Å². The Labute approximate surface area is 141 Å². The Bertz CT molecular complexity index is 941. The first-order chi connectivity index (χ1) is 11.9. The summed E-state index contributed by atoms with van der Waals surface area (Å²) in [6, 6.07) is 9.36. The first kappa shape index (κ1) is 16.0. The third kappa shape index (κ3) is 2.86. The van der Waals surface area contributed by atoms with E-state index >= 15 is 0 Å². The van der Waals surface area contributed by atoms with E-state index in [0.29, 0.717) is 0 Å². The predicted octanol–water partition coefficient (Wildman–Crippen LogP) is 1.47. The molecule has 0 bridgehead atoms. The lowest BCUT2D eigenvalue weighted by atomic mass is 10.1. The number of phenolic OH excluding ortho intramolecular Hbond substituents is 2. The SMILES string of the molecule is N#CCN1C(=O)c2ccc(NC(=O)c3cc(O)cc(O)c3)cc2C1=O. The molecule has 0 radical (unpaired) electrons. The largest absolute Gasteiger partial charge is 0.508 e. The second-order valence-electron chi connectivity index (χ2n) is 5.31. The summed E-state index contributed by atoms with van der Waals surface area (Å²) in [4.78, 5) is 37.2. The molecule has 0 aliphatic carbocycles. The van der Waals surface area contributed by atoms with Crippen LogP contribution in [0.15, 0.2) is 36.4 Å². The van der Waals surface area contributed by atoms with Crippen LogP contribution in [0.2, 0.25) is 0 Å². The average Bonchev–Trinajstić information content (AvgIpc) is 2.79. The molecule has 1 heterocycles. The Morgan fingerprint density at radius 3 is 2.32 bits per heavy atom. The minimum atomic E-state index is -0.614. The van der Waals surface area contributed by atoms with Crippen LogP contribution in [0.4, 0.5) is 5.69 Å². The topological polar surface area (TPSA) is 131 Å². The van der Waals surface area contributed by atoms with Gasteiger partial charge >= 0.3 is 0 Å². The number of phenols is 2. The Balaban J connectivity index is 1.87. The lowest BCUT2D eigenvalue weighted by Crippen LogP contribution is -2.29. The van der Waals surface area contributed by atoms with Crippen molar-refractivity contribution in [2.45, 2.75) is 0 Å². The molecule has 3 amide bonds. The van der Waals surface area contributed by atoms with Gasteiger partial charge in [0.15, 0.2) is 0 Å². The molecular formula is C17H11N3O5. The number of imide groups is 1. The van der Waals surface area contributed by atoms with Crippen molar-refractivity contribution in [2.24, 2.45) is 0 Å². The molecule has 0 atom stereocenters. The number of anilines is 1. The summed E-state index contributed by atoms with van der Waals surface area (Å²) < 4.78 is 0. The molecule has 25 heavy (non-hydrogen) atoms. The van der Waals surface area contributed by atoms with Gasteiger partial charge in [-0.1, -0.05) is 0 Å². The normalized spacial score (nSPS) is 12.7. The minimum absolute atomic E-state index is 0.0199. The molecule has 3 rings (SSSR count). The van der Waals surface area contributed by atoms with Crippen molar-refractivity contribution in [1.82, 2.24) is 4.90 Å². The van der Waals surface area contributed by atoms with Crippen LogP contribution in [0.3, 0.4) is 0 Å². The van der Waals surface area contributed by atoms with E-state index in [1.165, 1.54) is 30.3 Å². The summed E-state index contributed by atoms with van der Waals surface area (Å²) in [5.41, 5.74) is 0.531. The van der Waals surface area contributed by atoms with E-state index in [9.17, 15) is 24.6 Å². The van der Waals surface area contributed by atoms with E-state index in [4.69, 9.17) is 5.26 Å². The fraction of sp³-hybridized carbons (Fsp3) is 0.0588. The Hall–Kier alpha value is -3.86.